The lowest BCUT2D eigenvalue weighted by atomic mass is 10.1. The maximum Gasteiger partial charge on any atom is 0.234 e. The second-order valence-electron chi connectivity index (χ2n) is 6.53. The predicted octanol–water partition coefficient (Wildman–Crippen LogP) is 5.99. The number of anilines is 1. The number of nitrogens with zero attached hydrogens (tertiary/aromatic N) is 2. The SMILES string of the molecule is Cc1ccc(NC(=O)CSc2nc3ccccc3nc2-c2ccccc2)cc1Cl. The number of carbonyl (C=O) groups is 1. The lowest BCUT2D eigenvalue weighted by Crippen LogP contribution is -2.14. The van der Waals surface area contributed by atoms with Crippen molar-refractivity contribution in [2.24, 2.45) is 0 Å². The molecule has 4 nitrogen and oxygen atoms in total. The summed E-state index contributed by atoms with van der Waals surface area (Å²) in [4.78, 5) is 22.0. The molecule has 0 aliphatic heterocycles. The van der Waals surface area contributed by atoms with E-state index in [2.05, 4.69) is 5.32 Å². The van der Waals surface area contributed by atoms with Gasteiger partial charge in [0.2, 0.25) is 5.91 Å². The third-order valence-corrected chi connectivity index (χ3v) is 5.75. The first-order chi connectivity index (χ1) is 14.1. The number of benzene rings is 3. The molecule has 0 aliphatic rings. The molecule has 0 unspecified atom stereocenters. The number of hydrogen-bond acceptors (Lipinski definition) is 4. The molecule has 0 bridgehead atoms. The van der Waals surface area contributed by atoms with Crippen LogP contribution in [0.5, 0.6) is 0 Å². The molecule has 4 rings (SSSR count). The summed E-state index contributed by atoms with van der Waals surface area (Å²) in [5, 5.41) is 4.24. The van der Waals surface area contributed by atoms with Gasteiger partial charge in [0, 0.05) is 16.3 Å². The average Bonchev–Trinajstić information content (AvgIpc) is 2.75. The van der Waals surface area contributed by atoms with E-state index in [1.54, 1.807) is 6.07 Å². The van der Waals surface area contributed by atoms with Crippen LogP contribution < -0.4 is 5.32 Å². The first-order valence-corrected chi connectivity index (χ1v) is 10.5. The molecule has 29 heavy (non-hydrogen) atoms. The molecule has 144 valence electrons. The molecule has 0 atom stereocenters. The number of aryl methyl sites for hydroxylation is 1. The van der Waals surface area contributed by atoms with Crippen LogP contribution in [-0.4, -0.2) is 21.6 Å². The zero-order valence-corrected chi connectivity index (χ0v) is 17.3. The Morgan fingerprint density at radius 1 is 0.966 bits per heavy atom. The molecule has 4 aromatic rings. The Balaban J connectivity index is 1.58. The molecule has 0 saturated carbocycles. The van der Waals surface area contributed by atoms with Crippen LogP contribution in [0.1, 0.15) is 5.56 Å². The predicted molar refractivity (Wildman–Crippen MR) is 121 cm³/mol. The van der Waals surface area contributed by atoms with Gasteiger partial charge in [0.05, 0.1) is 16.8 Å². The zero-order chi connectivity index (χ0) is 20.2. The minimum Gasteiger partial charge on any atom is -0.325 e. The lowest BCUT2D eigenvalue weighted by Gasteiger charge is -2.10. The van der Waals surface area contributed by atoms with E-state index in [0.717, 1.165) is 32.9 Å². The first-order valence-electron chi connectivity index (χ1n) is 9.11. The molecule has 3 aromatic carbocycles. The van der Waals surface area contributed by atoms with E-state index in [1.807, 2.05) is 73.7 Å². The van der Waals surface area contributed by atoms with Gasteiger partial charge >= 0.3 is 0 Å². The minimum absolute atomic E-state index is 0.121. The summed E-state index contributed by atoms with van der Waals surface area (Å²) in [6.45, 7) is 1.92. The molecular formula is C23H18ClN3OS. The van der Waals surface area contributed by atoms with Crippen LogP contribution in [0.4, 0.5) is 5.69 Å². The highest BCUT2D eigenvalue weighted by atomic mass is 35.5. The lowest BCUT2D eigenvalue weighted by molar-refractivity contribution is -0.113. The molecule has 0 saturated heterocycles. The van der Waals surface area contributed by atoms with Gasteiger partial charge in [-0.3, -0.25) is 4.79 Å². The van der Waals surface area contributed by atoms with Crippen molar-refractivity contribution in [1.82, 2.24) is 9.97 Å². The van der Waals surface area contributed by atoms with Crippen molar-refractivity contribution in [2.75, 3.05) is 11.1 Å². The number of thioether (sulfide) groups is 1. The van der Waals surface area contributed by atoms with Crippen LogP contribution in [0.25, 0.3) is 22.3 Å². The highest BCUT2D eigenvalue weighted by Crippen LogP contribution is 2.30. The molecule has 1 aromatic heterocycles. The second-order valence-corrected chi connectivity index (χ2v) is 7.90. The molecule has 1 amide bonds. The molecular weight excluding hydrogens is 402 g/mol. The Morgan fingerprint density at radius 3 is 2.38 bits per heavy atom. The van der Waals surface area contributed by atoms with E-state index in [-0.39, 0.29) is 11.7 Å². The topological polar surface area (TPSA) is 54.9 Å². The van der Waals surface area contributed by atoms with Crippen molar-refractivity contribution in [3.8, 4) is 11.3 Å². The molecule has 1 N–H and O–H groups in total. The van der Waals surface area contributed by atoms with Crippen molar-refractivity contribution in [3.63, 3.8) is 0 Å². The summed E-state index contributed by atoms with van der Waals surface area (Å²) in [6.07, 6.45) is 0. The average molecular weight is 420 g/mol. The normalized spacial score (nSPS) is 10.8. The highest BCUT2D eigenvalue weighted by molar-refractivity contribution is 8.00. The van der Waals surface area contributed by atoms with Gasteiger partial charge in [-0.1, -0.05) is 71.9 Å². The molecule has 0 spiro atoms. The van der Waals surface area contributed by atoms with E-state index in [0.29, 0.717) is 10.7 Å². The third kappa shape index (κ3) is 4.58. The fourth-order valence-corrected chi connectivity index (χ4v) is 3.85. The van der Waals surface area contributed by atoms with Gasteiger partial charge in [-0.15, -0.1) is 0 Å². The second kappa shape index (κ2) is 8.64. The molecule has 1 heterocycles. The van der Waals surface area contributed by atoms with E-state index in [9.17, 15) is 4.79 Å². The zero-order valence-electron chi connectivity index (χ0n) is 15.7. The molecule has 0 aliphatic carbocycles. The van der Waals surface area contributed by atoms with E-state index in [1.165, 1.54) is 11.8 Å². The molecule has 0 fully saturated rings. The van der Waals surface area contributed by atoms with Crippen LogP contribution >= 0.6 is 23.4 Å². The number of amides is 1. The fraction of sp³-hybridized carbons (Fsp3) is 0.0870. The van der Waals surface area contributed by atoms with Crippen LogP contribution in [-0.2, 0) is 4.79 Å². The quantitative estimate of drug-likeness (QED) is 0.404. The number of aromatic nitrogens is 2. The van der Waals surface area contributed by atoms with Gasteiger partial charge in [0.15, 0.2) is 0 Å². The largest absolute Gasteiger partial charge is 0.325 e. The smallest absolute Gasteiger partial charge is 0.234 e. The monoisotopic (exact) mass is 419 g/mol. The van der Waals surface area contributed by atoms with Crippen molar-refractivity contribution in [2.45, 2.75) is 11.9 Å². The maximum absolute atomic E-state index is 12.5. The Kier molecular flexibility index (Phi) is 5.79. The van der Waals surface area contributed by atoms with Gasteiger partial charge in [-0.05, 0) is 36.8 Å². The number of fused-ring (bicyclic) bond motifs is 1. The maximum atomic E-state index is 12.5. The van der Waals surface area contributed by atoms with E-state index in [4.69, 9.17) is 21.6 Å². The molecule has 6 heteroatoms. The van der Waals surface area contributed by atoms with Crippen molar-refractivity contribution >= 4 is 46.0 Å². The number of halogens is 1. The van der Waals surface area contributed by atoms with E-state index >= 15 is 0 Å². The Morgan fingerprint density at radius 2 is 1.66 bits per heavy atom. The van der Waals surface area contributed by atoms with Gasteiger partial charge in [-0.25, -0.2) is 9.97 Å². The van der Waals surface area contributed by atoms with Crippen molar-refractivity contribution < 1.29 is 4.79 Å². The Hall–Kier alpha value is -2.89. The van der Waals surface area contributed by atoms with Crippen molar-refractivity contribution in [3.05, 3.63) is 83.4 Å². The highest BCUT2D eigenvalue weighted by Gasteiger charge is 2.14. The summed E-state index contributed by atoms with van der Waals surface area (Å²) >= 11 is 7.51. The summed E-state index contributed by atoms with van der Waals surface area (Å²) in [5.41, 5.74) is 5.03. The van der Waals surface area contributed by atoms with Gasteiger partial charge in [-0.2, -0.15) is 0 Å². The summed E-state index contributed by atoms with van der Waals surface area (Å²) in [6, 6.07) is 23.1. The van der Waals surface area contributed by atoms with Gasteiger partial charge in [0.1, 0.15) is 10.7 Å². The van der Waals surface area contributed by atoms with Gasteiger partial charge < -0.3 is 5.32 Å². The van der Waals surface area contributed by atoms with E-state index < -0.39 is 0 Å². The number of nitrogens with one attached hydrogen (secondary N) is 1. The first kappa shape index (κ1) is 19.4. The van der Waals surface area contributed by atoms with Crippen LogP contribution in [0.2, 0.25) is 5.02 Å². The van der Waals surface area contributed by atoms with Gasteiger partial charge in [0.25, 0.3) is 0 Å². The van der Waals surface area contributed by atoms with Crippen LogP contribution in [0, 0.1) is 6.92 Å². The number of hydrogen-bond donors (Lipinski definition) is 1. The molecule has 0 radical (unpaired) electrons. The van der Waals surface area contributed by atoms with Crippen molar-refractivity contribution in [1.29, 1.82) is 0 Å². The number of para-hydroxylation sites is 2. The van der Waals surface area contributed by atoms with Crippen LogP contribution in [0.15, 0.2) is 77.8 Å². The van der Waals surface area contributed by atoms with Crippen LogP contribution in [0.3, 0.4) is 0 Å². The Bertz CT molecular complexity index is 1180. The summed E-state index contributed by atoms with van der Waals surface area (Å²) < 4.78 is 0. The number of rotatable bonds is 5. The number of carbonyl (C=O) groups excluding carboxylic acids is 1. The summed E-state index contributed by atoms with van der Waals surface area (Å²) in [5.74, 6) is 0.0992. The standard InChI is InChI=1S/C23H18ClN3OS/c1-15-11-12-17(13-18(15)24)25-21(28)14-29-23-22(16-7-3-2-4-8-16)26-19-9-5-6-10-20(19)27-23/h2-13H,14H2,1H3,(H,25,28). The minimum atomic E-state index is -0.121. The summed E-state index contributed by atoms with van der Waals surface area (Å²) in [7, 11) is 0. The third-order valence-electron chi connectivity index (χ3n) is 4.38. The Labute approximate surface area is 178 Å². The fourth-order valence-electron chi connectivity index (χ4n) is 2.87.